The van der Waals surface area contributed by atoms with Crippen LogP contribution in [0.4, 0.5) is 14.5 Å². The maximum Gasteiger partial charge on any atom is 0.295 e. The lowest BCUT2D eigenvalue weighted by atomic mass is 10.1. The number of nitrogens with one attached hydrogen (secondary N) is 2. The van der Waals surface area contributed by atoms with Gasteiger partial charge in [-0.3, -0.25) is 4.79 Å². The van der Waals surface area contributed by atoms with Crippen molar-refractivity contribution in [2.24, 2.45) is 0 Å². The number of alkyl halides is 2. The van der Waals surface area contributed by atoms with Crippen molar-refractivity contribution in [2.75, 3.05) is 29.5 Å². The fraction of sp³-hybridized carbons (Fsp3) is 0.300. The molecule has 1 saturated heterocycles. The second kappa shape index (κ2) is 8.18. The van der Waals surface area contributed by atoms with E-state index in [9.17, 15) is 13.6 Å². The van der Waals surface area contributed by atoms with Gasteiger partial charge in [-0.25, -0.2) is 13.8 Å². The minimum absolute atomic E-state index is 0.257. The molecular weight excluding hydrogens is 382 g/mol. The number of imidazole rings is 1. The van der Waals surface area contributed by atoms with Crippen molar-refractivity contribution in [1.82, 2.24) is 15.3 Å². The quantitative estimate of drug-likeness (QED) is 0.678. The first-order valence-corrected chi connectivity index (χ1v) is 10.2. The first-order valence-electron chi connectivity index (χ1n) is 9.08. The number of halogens is 2. The number of hydrogen-bond donors (Lipinski definition) is 2. The van der Waals surface area contributed by atoms with Crippen LogP contribution >= 0.6 is 11.8 Å². The number of rotatable bonds is 5. The molecule has 0 bridgehead atoms. The zero-order valence-electron chi connectivity index (χ0n) is 15.1. The molecule has 1 aromatic heterocycles. The zero-order chi connectivity index (χ0) is 19.5. The summed E-state index contributed by atoms with van der Waals surface area (Å²) in [6, 6.07) is 12.9. The van der Waals surface area contributed by atoms with E-state index in [2.05, 4.69) is 32.3 Å². The summed E-state index contributed by atoms with van der Waals surface area (Å²) in [4.78, 5) is 21.1. The SMILES string of the molecule is O=C(NCc1ccc(N2CCSCC2)cc1)c1ccc2nc(C(F)F)[nH]c2c1. The Morgan fingerprint density at radius 1 is 1.18 bits per heavy atom. The lowest BCUT2D eigenvalue weighted by molar-refractivity contribution is 0.0951. The fourth-order valence-electron chi connectivity index (χ4n) is 3.20. The number of fused-ring (bicyclic) bond motifs is 1. The molecule has 28 heavy (non-hydrogen) atoms. The second-order valence-electron chi connectivity index (χ2n) is 6.60. The molecule has 0 unspecified atom stereocenters. The third-order valence-corrected chi connectivity index (χ3v) is 5.68. The number of amides is 1. The molecule has 0 saturated carbocycles. The van der Waals surface area contributed by atoms with Crippen LogP contribution in [-0.2, 0) is 6.54 Å². The normalized spacial score (nSPS) is 14.6. The Morgan fingerprint density at radius 2 is 1.93 bits per heavy atom. The molecule has 1 fully saturated rings. The number of anilines is 1. The number of nitrogens with zero attached hydrogens (tertiary/aromatic N) is 2. The van der Waals surface area contributed by atoms with Gasteiger partial charge in [-0.05, 0) is 35.9 Å². The molecule has 1 aliphatic heterocycles. The maximum absolute atomic E-state index is 12.7. The largest absolute Gasteiger partial charge is 0.370 e. The Labute approximate surface area is 165 Å². The summed E-state index contributed by atoms with van der Waals surface area (Å²) in [5.41, 5.74) is 3.45. The van der Waals surface area contributed by atoms with Crippen LogP contribution in [0.3, 0.4) is 0 Å². The number of benzene rings is 2. The summed E-state index contributed by atoms with van der Waals surface area (Å²) < 4.78 is 25.5. The van der Waals surface area contributed by atoms with Gasteiger partial charge in [0.05, 0.1) is 11.0 Å². The number of carbonyl (C=O) groups excluding carboxylic acids is 1. The minimum atomic E-state index is -2.67. The van der Waals surface area contributed by atoms with Crippen molar-refractivity contribution >= 4 is 34.4 Å². The van der Waals surface area contributed by atoms with E-state index in [4.69, 9.17) is 0 Å². The molecule has 3 aromatic rings. The van der Waals surface area contributed by atoms with E-state index < -0.39 is 6.43 Å². The molecule has 2 N–H and O–H groups in total. The molecule has 0 radical (unpaired) electrons. The number of carbonyl (C=O) groups is 1. The van der Waals surface area contributed by atoms with Crippen LogP contribution in [0.25, 0.3) is 11.0 Å². The molecule has 4 rings (SSSR count). The molecule has 146 valence electrons. The lowest BCUT2D eigenvalue weighted by Crippen LogP contribution is -2.32. The molecule has 2 aromatic carbocycles. The Hall–Kier alpha value is -2.61. The van der Waals surface area contributed by atoms with Crippen LogP contribution in [0, 0.1) is 0 Å². The average Bonchev–Trinajstić information content (AvgIpc) is 3.17. The van der Waals surface area contributed by atoms with Crippen LogP contribution in [0.1, 0.15) is 28.2 Å². The first kappa shape index (κ1) is 18.7. The van der Waals surface area contributed by atoms with E-state index in [1.165, 1.54) is 5.69 Å². The van der Waals surface area contributed by atoms with Crippen LogP contribution in [0.15, 0.2) is 42.5 Å². The predicted octanol–water partition coefficient (Wildman–Crippen LogP) is 3.98. The van der Waals surface area contributed by atoms with Gasteiger partial charge in [0.1, 0.15) is 0 Å². The van der Waals surface area contributed by atoms with Gasteiger partial charge in [0, 0.05) is 42.4 Å². The lowest BCUT2D eigenvalue weighted by Gasteiger charge is -2.28. The summed E-state index contributed by atoms with van der Waals surface area (Å²) in [7, 11) is 0. The Kier molecular flexibility index (Phi) is 5.47. The molecular formula is C20H20F2N4OS. The molecule has 2 heterocycles. The van der Waals surface area contributed by atoms with Gasteiger partial charge in [-0.1, -0.05) is 12.1 Å². The topological polar surface area (TPSA) is 61.0 Å². The average molecular weight is 402 g/mol. The molecule has 0 aliphatic carbocycles. The molecule has 1 amide bonds. The number of hydrogen-bond acceptors (Lipinski definition) is 4. The van der Waals surface area contributed by atoms with E-state index in [-0.39, 0.29) is 11.7 Å². The highest BCUT2D eigenvalue weighted by molar-refractivity contribution is 7.99. The smallest absolute Gasteiger partial charge is 0.295 e. The molecule has 8 heteroatoms. The molecule has 1 aliphatic rings. The van der Waals surface area contributed by atoms with Crippen molar-refractivity contribution in [3.05, 3.63) is 59.4 Å². The van der Waals surface area contributed by atoms with Crippen LogP contribution < -0.4 is 10.2 Å². The zero-order valence-corrected chi connectivity index (χ0v) is 15.9. The summed E-state index contributed by atoms with van der Waals surface area (Å²) in [6.45, 7) is 2.52. The Bertz CT molecular complexity index is 968. The van der Waals surface area contributed by atoms with Gasteiger partial charge >= 0.3 is 0 Å². The third-order valence-electron chi connectivity index (χ3n) is 4.73. The maximum atomic E-state index is 12.7. The van der Waals surface area contributed by atoms with Crippen molar-refractivity contribution in [3.63, 3.8) is 0 Å². The van der Waals surface area contributed by atoms with Crippen molar-refractivity contribution in [3.8, 4) is 0 Å². The monoisotopic (exact) mass is 402 g/mol. The number of thioether (sulfide) groups is 1. The van der Waals surface area contributed by atoms with E-state index in [1.807, 2.05) is 23.9 Å². The highest BCUT2D eigenvalue weighted by atomic mass is 32.2. The van der Waals surface area contributed by atoms with E-state index in [0.717, 1.165) is 30.2 Å². The minimum Gasteiger partial charge on any atom is -0.370 e. The van der Waals surface area contributed by atoms with Gasteiger partial charge in [0.2, 0.25) is 0 Å². The Morgan fingerprint density at radius 3 is 2.64 bits per heavy atom. The highest BCUT2D eigenvalue weighted by Crippen LogP contribution is 2.21. The fourth-order valence-corrected chi connectivity index (χ4v) is 4.11. The number of aromatic amines is 1. The number of aromatic nitrogens is 2. The standard InChI is InChI=1S/C20H20F2N4OS/c21-18(22)19-24-16-6-3-14(11-17(16)25-19)20(27)23-12-13-1-4-15(5-2-13)26-7-9-28-10-8-26/h1-6,11,18H,7-10,12H2,(H,23,27)(H,24,25). The summed E-state index contributed by atoms with van der Waals surface area (Å²) >= 11 is 1.98. The third kappa shape index (κ3) is 4.11. The summed E-state index contributed by atoms with van der Waals surface area (Å²) in [5, 5.41) is 2.87. The first-order chi connectivity index (χ1) is 13.6. The molecule has 0 atom stereocenters. The van der Waals surface area contributed by atoms with Crippen molar-refractivity contribution < 1.29 is 13.6 Å². The Balaban J connectivity index is 1.39. The van der Waals surface area contributed by atoms with Gasteiger partial charge < -0.3 is 15.2 Å². The van der Waals surface area contributed by atoms with Crippen molar-refractivity contribution in [1.29, 1.82) is 0 Å². The number of H-pyrrole nitrogens is 1. The van der Waals surface area contributed by atoms with E-state index in [1.54, 1.807) is 18.2 Å². The van der Waals surface area contributed by atoms with E-state index >= 15 is 0 Å². The van der Waals surface area contributed by atoms with Gasteiger partial charge in [0.25, 0.3) is 12.3 Å². The van der Waals surface area contributed by atoms with Gasteiger partial charge in [0.15, 0.2) is 5.82 Å². The predicted molar refractivity (Wildman–Crippen MR) is 108 cm³/mol. The summed E-state index contributed by atoms with van der Waals surface area (Å²) in [6.07, 6.45) is -2.67. The highest BCUT2D eigenvalue weighted by Gasteiger charge is 2.14. The van der Waals surface area contributed by atoms with Crippen LogP contribution in [-0.4, -0.2) is 40.5 Å². The second-order valence-corrected chi connectivity index (χ2v) is 7.83. The van der Waals surface area contributed by atoms with Crippen LogP contribution in [0.2, 0.25) is 0 Å². The van der Waals surface area contributed by atoms with Gasteiger partial charge in [-0.2, -0.15) is 11.8 Å². The molecule has 5 nitrogen and oxygen atoms in total. The van der Waals surface area contributed by atoms with Gasteiger partial charge in [-0.15, -0.1) is 0 Å². The van der Waals surface area contributed by atoms with E-state index in [0.29, 0.717) is 23.1 Å². The van der Waals surface area contributed by atoms with Crippen LogP contribution in [0.5, 0.6) is 0 Å². The summed E-state index contributed by atoms with van der Waals surface area (Å²) in [5.74, 6) is 1.65. The molecule has 0 spiro atoms. The van der Waals surface area contributed by atoms with Crippen molar-refractivity contribution in [2.45, 2.75) is 13.0 Å².